The highest BCUT2D eigenvalue weighted by Gasteiger charge is 2.23. The van der Waals surface area contributed by atoms with Crippen LogP contribution in [0.3, 0.4) is 0 Å². The highest BCUT2D eigenvalue weighted by Crippen LogP contribution is 2.48. The zero-order valence-corrected chi connectivity index (χ0v) is 14.6. The molecule has 0 radical (unpaired) electrons. The van der Waals surface area contributed by atoms with Crippen LogP contribution in [-0.4, -0.2) is 19.0 Å². The second-order valence-electron chi connectivity index (χ2n) is 5.43. The molecule has 1 amide bonds. The first-order valence-electron chi connectivity index (χ1n) is 7.79. The topological polar surface area (TPSA) is 32.3 Å². The van der Waals surface area contributed by atoms with Crippen LogP contribution in [0.25, 0.3) is 0 Å². The van der Waals surface area contributed by atoms with E-state index in [0.717, 1.165) is 24.3 Å². The number of hydrogen-bond acceptors (Lipinski definition) is 3. The lowest BCUT2D eigenvalue weighted by Crippen LogP contribution is -2.30. The van der Waals surface area contributed by atoms with Crippen molar-refractivity contribution in [1.82, 2.24) is 5.32 Å². The first-order chi connectivity index (χ1) is 11.2. The average Bonchev–Trinajstić information content (AvgIpc) is 2.57. The molecule has 2 aromatic rings. The number of hydrogen-bond donors (Lipinski definition) is 1. The highest BCUT2D eigenvalue weighted by atomic mass is 35.5. The van der Waals surface area contributed by atoms with Crippen LogP contribution in [0, 0.1) is 0 Å². The molecule has 0 spiro atoms. The molecule has 0 atom stereocenters. The molecule has 1 aliphatic heterocycles. The fraction of sp³-hybridized carbons (Fsp3) is 0.278. The van der Waals surface area contributed by atoms with Crippen molar-refractivity contribution in [2.24, 2.45) is 0 Å². The van der Waals surface area contributed by atoms with Crippen LogP contribution in [0.2, 0.25) is 5.02 Å². The third-order valence-corrected chi connectivity index (χ3v) is 5.09. The molecule has 0 aliphatic carbocycles. The Kier molecular flexibility index (Phi) is 5.13. The fourth-order valence-corrected chi connectivity index (χ4v) is 3.85. The van der Waals surface area contributed by atoms with Crippen molar-refractivity contribution in [2.45, 2.75) is 29.6 Å². The van der Waals surface area contributed by atoms with E-state index in [1.54, 1.807) is 11.8 Å². The Morgan fingerprint density at radius 2 is 1.96 bits per heavy atom. The van der Waals surface area contributed by atoms with Gasteiger partial charge >= 0.3 is 0 Å². The molecule has 0 saturated heterocycles. The summed E-state index contributed by atoms with van der Waals surface area (Å²) in [5, 5.41) is 3.65. The number of benzene rings is 2. The summed E-state index contributed by atoms with van der Waals surface area (Å²) in [6.45, 7) is 3.42. The first-order valence-corrected chi connectivity index (χ1v) is 8.99. The molecule has 0 unspecified atom stereocenters. The summed E-state index contributed by atoms with van der Waals surface area (Å²) in [4.78, 5) is 16.5. The van der Waals surface area contributed by atoms with Gasteiger partial charge in [0.1, 0.15) is 0 Å². The summed E-state index contributed by atoms with van der Waals surface area (Å²) in [7, 11) is 0. The predicted octanol–water partition coefficient (Wildman–Crippen LogP) is 4.86. The molecule has 0 saturated carbocycles. The van der Waals surface area contributed by atoms with Gasteiger partial charge in [0.05, 0.1) is 11.4 Å². The van der Waals surface area contributed by atoms with Crippen LogP contribution >= 0.6 is 23.4 Å². The summed E-state index contributed by atoms with van der Waals surface area (Å²) in [6.07, 6.45) is 1.42. The van der Waals surface area contributed by atoms with Crippen molar-refractivity contribution in [2.75, 3.05) is 18.0 Å². The molecule has 3 rings (SSSR count). The monoisotopic (exact) mass is 346 g/mol. The maximum atomic E-state index is 12.0. The van der Waals surface area contributed by atoms with E-state index >= 15 is 0 Å². The smallest absolute Gasteiger partial charge is 0.221 e. The van der Waals surface area contributed by atoms with Crippen LogP contribution in [0.4, 0.5) is 11.4 Å². The van der Waals surface area contributed by atoms with Gasteiger partial charge in [-0.1, -0.05) is 42.4 Å². The summed E-state index contributed by atoms with van der Waals surface area (Å²) >= 11 is 7.93. The minimum Gasteiger partial charge on any atom is -0.356 e. The number of amides is 1. The van der Waals surface area contributed by atoms with E-state index in [4.69, 9.17) is 11.6 Å². The fourth-order valence-electron chi connectivity index (χ4n) is 2.61. The molecule has 0 fully saturated rings. The van der Waals surface area contributed by atoms with Crippen molar-refractivity contribution in [3.63, 3.8) is 0 Å². The van der Waals surface area contributed by atoms with E-state index in [1.165, 1.54) is 9.79 Å². The van der Waals surface area contributed by atoms with Crippen LogP contribution < -0.4 is 10.2 Å². The molecule has 1 heterocycles. The molecule has 1 N–H and O–H groups in total. The van der Waals surface area contributed by atoms with Gasteiger partial charge < -0.3 is 10.2 Å². The van der Waals surface area contributed by atoms with Gasteiger partial charge in [0.15, 0.2) is 0 Å². The average molecular weight is 347 g/mol. The summed E-state index contributed by atoms with van der Waals surface area (Å²) in [5.41, 5.74) is 2.21. The van der Waals surface area contributed by atoms with Crippen LogP contribution in [0.15, 0.2) is 52.3 Å². The second-order valence-corrected chi connectivity index (χ2v) is 6.95. The molecule has 1 aliphatic rings. The first kappa shape index (κ1) is 16.2. The number of nitrogens with one attached hydrogen (secondary N) is 1. The Hall–Kier alpha value is -1.65. The predicted molar refractivity (Wildman–Crippen MR) is 96.9 cm³/mol. The molecule has 0 aromatic heterocycles. The van der Waals surface area contributed by atoms with Crippen molar-refractivity contribution in [1.29, 1.82) is 0 Å². The van der Waals surface area contributed by atoms with Crippen LogP contribution in [-0.2, 0) is 4.79 Å². The summed E-state index contributed by atoms with van der Waals surface area (Å²) in [6, 6.07) is 14.2. The van der Waals surface area contributed by atoms with Gasteiger partial charge in [-0.3, -0.25) is 4.79 Å². The van der Waals surface area contributed by atoms with Gasteiger partial charge in [-0.15, -0.1) is 0 Å². The van der Waals surface area contributed by atoms with Gasteiger partial charge in [-0.2, -0.15) is 0 Å². The Morgan fingerprint density at radius 3 is 2.78 bits per heavy atom. The van der Waals surface area contributed by atoms with Crippen LogP contribution in [0.1, 0.15) is 19.8 Å². The van der Waals surface area contributed by atoms with Gasteiger partial charge in [0.2, 0.25) is 5.91 Å². The molecule has 120 valence electrons. The van der Waals surface area contributed by atoms with E-state index in [-0.39, 0.29) is 5.91 Å². The Balaban J connectivity index is 1.86. The number of carbonyl (C=O) groups excluding carboxylic acids is 1. The number of para-hydroxylation sites is 1. The lowest BCUT2D eigenvalue weighted by Gasteiger charge is -2.32. The van der Waals surface area contributed by atoms with E-state index in [0.29, 0.717) is 18.0 Å². The zero-order valence-electron chi connectivity index (χ0n) is 13.0. The van der Waals surface area contributed by atoms with Crippen molar-refractivity contribution >= 4 is 40.6 Å². The summed E-state index contributed by atoms with van der Waals surface area (Å²) in [5.74, 6) is 0.0890. The third-order valence-electron chi connectivity index (χ3n) is 3.72. The molecule has 23 heavy (non-hydrogen) atoms. The van der Waals surface area contributed by atoms with Gasteiger partial charge in [-0.25, -0.2) is 0 Å². The minimum absolute atomic E-state index is 0.0890. The van der Waals surface area contributed by atoms with Gasteiger partial charge in [0, 0.05) is 34.3 Å². The van der Waals surface area contributed by atoms with Crippen molar-refractivity contribution in [3.05, 3.63) is 47.5 Å². The van der Waals surface area contributed by atoms with E-state index in [9.17, 15) is 4.79 Å². The minimum atomic E-state index is 0.0890. The molecular formula is C18H19ClN2OS. The highest BCUT2D eigenvalue weighted by molar-refractivity contribution is 7.99. The zero-order chi connectivity index (χ0) is 16.2. The van der Waals surface area contributed by atoms with E-state index in [2.05, 4.69) is 29.3 Å². The molecule has 3 nitrogen and oxygen atoms in total. The standard InChI is InChI=1S/C18H19ClN2OS/c1-2-10-20-18(22)9-11-21-14-5-3-4-6-16(14)23-17-8-7-13(19)12-15(17)21/h3-8,12H,2,9-11H2,1H3,(H,20,22). The van der Waals surface area contributed by atoms with E-state index in [1.807, 2.05) is 30.3 Å². The molecule has 0 bridgehead atoms. The van der Waals surface area contributed by atoms with Crippen molar-refractivity contribution < 1.29 is 4.79 Å². The van der Waals surface area contributed by atoms with Gasteiger partial charge in [0.25, 0.3) is 0 Å². The largest absolute Gasteiger partial charge is 0.356 e. The Bertz CT molecular complexity index is 720. The maximum absolute atomic E-state index is 12.0. The number of rotatable bonds is 5. The maximum Gasteiger partial charge on any atom is 0.221 e. The number of carbonyl (C=O) groups is 1. The van der Waals surface area contributed by atoms with Gasteiger partial charge in [-0.05, 0) is 36.8 Å². The third kappa shape index (κ3) is 3.65. The Labute approximate surface area is 146 Å². The molecule has 2 aromatic carbocycles. The van der Waals surface area contributed by atoms with Crippen molar-refractivity contribution in [3.8, 4) is 0 Å². The number of nitrogens with zero attached hydrogens (tertiary/aromatic N) is 1. The second kappa shape index (κ2) is 7.28. The molecular weight excluding hydrogens is 328 g/mol. The Morgan fingerprint density at radius 1 is 1.17 bits per heavy atom. The summed E-state index contributed by atoms with van der Waals surface area (Å²) < 4.78 is 0. The number of halogens is 1. The number of anilines is 2. The lowest BCUT2D eigenvalue weighted by molar-refractivity contribution is -0.120. The SMILES string of the molecule is CCCNC(=O)CCN1c2ccccc2Sc2ccc(Cl)cc21. The molecule has 5 heteroatoms. The number of fused-ring (bicyclic) bond motifs is 2. The lowest BCUT2D eigenvalue weighted by atomic mass is 10.2. The quantitative estimate of drug-likeness (QED) is 0.839. The normalized spacial score (nSPS) is 12.5. The van der Waals surface area contributed by atoms with E-state index < -0.39 is 0 Å². The van der Waals surface area contributed by atoms with Crippen LogP contribution in [0.5, 0.6) is 0 Å².